The fourth-order valence-corrected chi connectivity index (χ4v) is 3.23. The normalized spacial score (nSPS) is 14.9. The number of halogens is 4. The van der Waals surface area contributed by atoms with Gasteiger partial charge < -0.3 is 14.7 Å². The fraction of sp³-hybridized carbons (Fsp3) is 0.350. The number of carbonyl (C=O) groups excluding carboxylic acids is 1. The van der Waals surface area contributed by atoms with Gasteiger partial charge in [0.25, 0.3) is 5.91 Å². The lowest BCUT2D eigenvalue weighted by atomic mass is 10.1. The first kappa shape index (κ1) is 20.0. The van der Waals surface area contributed by atoms with Crippen molar-refractivity contribution in [1.29, 1.82) is 0 Å². The maximum atomic E-state index is 14.1. The minimum absolute atomic E-state index is 0.260. The van der Waals surface area contributed by atoms with E-state index in [1.165, 1.54) is 12.1 Å². The fourth-order valence-electron chi connectivity index (χ4n) is 3.23. The minimum Gasteiger partial charge on any atom is -0.375 e. The van der Waals surface area contributed by atoms with Crippen molar-refractivity contribution in [1.82, 2.24) is 4.90 Å². The Morgan fingerprint density at radius 2 is 1.68 bits per heavy atom. The summed E-state index contributed by atoms with van der Waals surface area (Å²) in [6.45, 7) is 1.52. The smallest absolute Gasteiger partial charge is 0.375 e. The van der Waals surface area contributed by atoms with Crippen LogP contribution in [0.15, 0.2) is 42.5 Å². The molecule has 0 aliphatic carbocycles. The summed E-state index contributed by atoms with van der Waals surface area (Å²) in [4.78, 5) is 17.7. The molecule has 0 radical (unpaired) electrons. The highest BCUT2D eigenvalue weighted by atomic mass is 19.4. The first-order valence-electron chi connectivity index (χ1n) is 8.85. The molecule has 8 heteroatoms. The number of anilines is 2. The third-order valence-corrected chi connectivity index (χ3v) is 4.78. The van der Waals surface area contributed by atoms with Crippen LogP contribution in [0.25, 0.3) is 0 Å². The number of nitrogens with zero attached hydrogens (tertiary/aromatic N) is 3. The van der Waals surface area contributed by atoms with Gasteiger partial charge in [-0.15, -0.1) is 0 Å². The van der Waals surface area contributed by atoms with Gasteiger partial charge in [-0.3, -0.25) is 4.79 Å². The van der Waals surface area contributed by atoms with Crippen molar-refractivity contribution in [2.45, 2.75) is 6.18 Å². The van der Waals surface area contributed by atoms with E-state index in [1.54, 1.807) is 42.1 Å². The molecular weight excluding hydrogens is 374 g/mol. The van der Waals surface area contributed by atoms with Gasteiger partial charge in [0.15, 0.2) is 0 Å². The van der Waals surface area contributed by atoms with Crippen LogP contribution in [0.3, 0.4) is 0 Å². The molecule has 1 amide bonds. The Morgan fingerprint density at radius 3 is 2.25 bits per heavy atom. The molecule has 1 fully saturated rings. The average Bonchev–Trinajstić information content (AvgIpc) is 2.66. The number of piperazine rings is 1. The Labute approximate surface area is 161 Å². The zero-order chi connectivity index (χ0) is 20.5. The van der Waals surface area contributed by atoms with Crippen molar-refractivity contribution in [2.24, 2.45) is 0 Å². The highest BCUT2D eigenvalue weighted by Crippen LogP contribution is 2.32. The predicted octanol–water partition coefficient (Wildman–Crippen LogP) is 3.87. The zero-order valence-electron chi connectivity index (χ0n) is 15.6. The SMILES string of the molecule is CN(C)c1ccc(C(=O)N2CCN(c3cccc(C(F)(F)F)c3)CC2)cc1F. The van der Waals surface area contributed by atoms with E-state index in [0.717, 1.165) is 12.1 Å². The molecule has 1 aliphatic heterocycles. The Balaban J connectivity index is 1.67. The number of amides is 1. The molecule has 4 nitrogen and oxygen atoms in total. The van der Waals surface area contributed by atoms with Gasteiger partial charge in [0.1, 0.15) is 5.82 Å². The van der Waals surface area contributed by atoms with E-state index in [1.807, 2.05) is 4.90 Å². The molecule has 0 atom stereocenters. The molecule has 150 valence electrons. The summed E-state index contributed by atoms with van der Waals surface area (Å²) >= 11 is 0. The number of hydrogen-bond donors (Lipinski definition) is 0. The first-order chi connectivity index (χ1) is 13.2. The molecular formula is C20H21F4N3O. The van der Waals surface area contributed by atoms with Crippen molar-refractivity contribution in [3.05, 3.63) is 59.4 Å². The molecule has 0 saturated carbocycles. The van der Waals surface area contributed by atoms with E-state index in [2.05, 4.69) is 0 Å². The summed E-state index contributed by atoms with van der Waals surface area (Å²) in [5, 5.41) is 0. The topological polar surface area (TPSA) is 26.8 Å². The van der Waals surface area contributed by atoms with Gasteiger partial charge >= 0.3 is 6.18 Å². The van der Waals surface area contributed by atoms with Crippen LogP contribution in [-0.2, 0) is 6.18 Å². The molecule has 3 rings (SSSR count). The van der Waals surface area contributed by atoms with Gasteiger partial charge in [-0.1, -0.05) is 6.07 Å². The lowest BCUT2D eigenvalue weighted by Gasteiger charge is -2.36. The molecule has 1 aliphatic rings. The third kappa shape index (κ3) is 4.21. The highest BCUT2D eigenvalue weighted by molar-refractivity contribution is 5.94. The van der Waals surface area contributed by atoms with Crippen LogP contribution < -0.4 is 9.80 Å². The molecule has 0 unspecified atom stereocenters. The zero-order valence-corrected chi connectivity index (χ0v) is 15.6. The van der Waals surface area contributed by atoms with E-state index in [0.29, 0.717) is 37.6 Å². The van der Waals surface area contributed by atoms with Crippen LogP contribution in [0, 0.1) is 5.82 Å². The average molecular weight is 395 g/mol. The van der Waals surface area contributed by atoms with E-state index >= 15 is 0 Å². The lowest BCUT2D eigenvalue weighted by molar-refractivity contribution is -0.137. The van der Waals surface area contributed by atoms with Gasteiger partial charge in [-0.25, -0.2) is 4.39 Å². The van der Waals surface area contributed by atoms with Gasteiger partial charge in [-0.05, 0) is 36.4 Å². The number of benzene rings is 2. The molecule has 0 spiro atoms. The third-order valence-electron chi connectivity index (χ3n) is 4.78. The molecule has 28 heavy (non-hydrogen) atoms. The largest absolute Gasteiger partial charge is 0.416 e. The van der Waals surface area contributed by atoms with Gasteiger partial charge in [-0.2, -0.15) is 13.2 Å². The molecule has 0 aromatic heterocycles. The van der Waals surface area contributed by atoms with Crippen molar-refractivity contribution in [2.75, 3.05) is 50.1 Å². The van der Waals surface area contributed by atoms with Gasteiger partial charge in [0.2, 0.25) is 0 Å². The van der Waals surface area contributed by atoms with Gasteiger partial charge in [0.05, 0.1) is 11.3 Å². The second-order valence-corrected chi connectivity index (χ2v) is 6.89. The van der Waals surface area contributed by atoms with E-state index < -0.39 is 17.6 Å². The van der Waals surface area contributed by atoms with Gasteiger partial charge in [0, 0.05) is 51.5 Å². The highest BCUT2D eigenvalue weighted by Gasteiger charge is 2.31. The van der Waals surface area contributed by atoms with Crippen molar-refractivity contribution >= 4 is 17.3 Å². The monoisotopic (exact) mass is 395 g/mol. The summed E-state index contributed by atoms with van der Waals surface area (Å²) in [5.74, 6) is -0.758. The molecule has 0 N–H and O–H groups in total. The molecule has 2 aromatic carbocycles. The summed E-state index contributed by atoms with van der Waals surface area (Å²) < 4.78 is 52.8. The summed E-state index contributed by atoms with van der Waals surface area (Å²) in [5.41, 5.74) is 0.435. The second kappa shape index (κ2) is 7.69. The van der Waals surface area contributed by atoms with Crippen LogP contribution in [0.5, 0.6) is 0 Å². The van der Waals surface area contributed by atoms with Crippen molar-refractivity contribution in [3.63, 3.8) is 0 Å². The summed E-state index contributed by atoms with van der Waals surface area (Å²) in [6.07, 6.45) is -4.39. The summed E-state index contributed by atoms with van der Waals surface area (Å²) in [6, 6.07) is 9.52. The maximum absolute atomic E-state index is 14.1. The van der Waals surface area contributed by atoms with Crippen LogP contribution in [0.1, 0.15) is 15.9 Å². The number of hydrogen-bond acceptors (Lipinski definition) is 3. The number of carbonyl (C=O) groups is 1. The Hall–Kier alpha value is -2.77. The number of alkyl halides is 3. The molecule has 2 aromatic rings. The quantitative estimate of drug-likeness (QED) is 0.739. The lowest BCUT2D eigenvalue weighted by Crippen LogP contribution is -2.48. The van der Waals surface area contributed by atoms with Crippen molar-refractivity contribution < 1.29 is 22.4 Å². The summed E-state index contributed by atoms with van der Waals surface area (Å²) in [7, 11) is 3.43. The molecule has 1 saturated heterocycles. The van der Waals surface area contributed by atoms with Crippen LogP contribution >= 0.6 is 0 Å². The van der Waals surface area contributed by atoms with Crippen LogP contribution in [-0.4, -0.2) is 51.1 Å². The van der Waals surface area contributed by atoms with E-state index in [-0.39, 0.29) is 11.5 Å². The first-order valence-corrected chi connectivity index (χ1v) is 8.85. The minimum atomic E-state index is -4.39. The standard InChI is InChI=1S/C20H21F4N3O/c1-25(2)18-7-6-14(12-17(18)21)19(28)27-10-8-26(9-11-27)16-5-3-4-15(13-16)20(22,23)24/h3-7,12-13H,8-11H2,1-2H3. The maximum Gasteiger partial charge on any atom is 0.416 e. The molecule has 1 heterocycles. The Kier molecular flexibility index (Phi) is 5.49. The van der Waals surface area contributed by atoms with Crippen LogP contribution in [0.2, 0.25) is 0 Å². The van der Waals surface area contributed by atoms with Crippen LogP contribution in [0.4, 0.5) is 28.9 Å². The Morgan fingerprint density at radius 1 is 1.00 bits per heavy atom. The second-order valence-electron chi connectivity index (χ2n) is 6.89. The van der Waals surface area contributed by atoms with E-state index in [4.69, 9.17) is 0 Å². The van der Waals surface area contributed by atoms with Crippen molar-refractivity contribution in [3.8, 4) is 0 Å². The Bertz CT molecular complexity index is 859. The molecule has 0 bridgehead atoms. The predicted molar refractivity (Wildman–Crippen MR) is 100 cm³/mol. The van der Waals surface area contributed by atoms with E-state index in [9.17, 15) is 22.4 Å². The number of rotatable bonds is 3.